The van der Waals surface area contributed by atoms with Crippen molar-refractivity contribution in [3.63, 3.8) is 0 Å². The molecule has 0 radical (unpaired) electrons. The lowest BCUT2D eigenvalue weighted by atomic mass is 10.4. The quantitative estimate of drug-likeness (QED) is 0.575. The van der Waals surface area contributed by atoms with Crippen LogP contribution in [0, 0.1) is 0 Å². The van der Waals surface area contributed by atoms with Crippen LogP contribution in [0.2, 0.25) is 0 Å². The maximum absolute atomic E-state index is 11.4. The number of carbonyl (C=O) groups is 2. The van der Waals surface area contributed by atoms with Gasteiger partial charge in [0.1, 0.15) is 0 Å². The molecule has 84 valence electrons. The second kappa shape index (κ2) is 5.50. The summed E-state index contributed by atoms with van der Waals surface area (Å²) in [5, 5.41) is 11.4. The minimum atomic E-state index is -0.934. The van der Waals surface area contributed by atoms with Crippen LogP contribution in [-0.2, 0) is 9.59 Å². The third kappa shape index (κ3) is 5.17. The fourth-order valence-corrected chi connectivity index (χ4v) is 1.26. The number of hydrogen-bond acceptors (Lipinski definition) is 3. The first-order chi connectivity index (χ1) is 7.11. The maximum Gasteiger partial charge on any atom is 0.317 e. The van der Waals surface area contributed by atoms with Crippen molar-refractivity contribution in [3.05, 3.63) is 12.7 Å². The zero-order chi connectivity index (χ0) is 11.3. The molecule has 15 heavy (non-hydrogen) atoms. The van der Waals surface area contributed by atoms with E-state index in [1.807, 2.05) is 0 Å². The van der Waals surface area contributed by atoms with E-state index in [0.29, 0.717) is 12.6 Å². The number of carbonyl (C=O) groups excluding carboxylic acids is 1. The standard InChI is InChI=1S/C10H16N2O3/c1-2-5-12(7-10(14)15)6-9(13)11-8-3-4-8/h2,8H,1,3-7H2,(H,11,13)(H,14,15). The number of nitrogens with one attached hydrogen (secondary N) is 1. The third-order valence-electron chi connectivity index (χ3n) is 2.06. The molecular weight excluding hydrogens is 196 g/mol. The topological polar surface area (TPSA) is 69.6 Å². The molecule has 1 aliphatic rings. The van der Waals surface area contributed by atoms with E-state index >= 15 is 0 Å². The molecule has 1 aliphatic carbocycles. The van der Waals surface area contributed by atoms with Crippen LogP contribution in [0.15, 0.2) is 12.7 Å². The van der Waals surface area contributed by atoms with Crippen molar-refractivity contribution in [2.45, 2.75) is 18.9 Å². The Bertz CT molecular complexity index is 261. The molecule has 1 amide bonds. The number of rotatable bonds is 7. The molecule has 0 aliphatic heterocycles. The summed E-state index contributed by atoms with van der Waals surface area (Å²) in [7, 11) is 0. The summed E-state index contributed by atoms with van der Waals surface area (Å²) >= 11 is 0. The van der Waals surface area contributed by atoms with Crippen LogP contribution in [0.25, 0.3) is 0 Å². The van der Waals surface area contributed by atoms with Gasteiger partial charge in [-0.15, -0.1) is 6.58 Å². The number of amides is 1. The molecule has 0 aromatic carbocycles. The molecule has 0 atom stereocenters. The van der Waals surface area contributed by atoms with Gasteiger partial charge in [-0.25, -0.2) is 0 Å². The van der Waals surface area contributed by atoms with E-state index in [4.69, 9.17) is 5.11 Å². The van der Waals surface area contributed by atoms with E-state index in [1.54, 1.807) is 6.08 Å². The predicted molar refractivity (Wildman–Crippen MR) is 55.4 cm³/mol. The highest BCUT2D eigenvalue weighted by Crippen LogP contribution is 2.18. The van der Waals surface area contributed by atoms with Crippen molar-refractivity contribution in [1.29, 1.82) is 0 Å². The molecule has 0 heterocycles. The van der Waals surface area contributed by atoms with Crippen LogP contribution in [0.4, 0.5) is 0 Å². The molecular formula is C10H16N2O3. The first-order valence-corrected chi connectivity index (χ1v) is 4.96. The highest BCUT2D eigenvalue weighted by atomic mass is 16.4. The first-order valence-electron chi connectivity index (χ1n) is 4.96. The number of nitrogens with zero attached hydrogens (tertiary/aromatic N) is 1. The van der Waals surface area contributed by atoms with E-state index in [1.165, 1.54) is 4.90 Å². The monoisotopic (exact) mass is 212 g/mol. The molecule has 1 rings (SSSR count). The Kier molecular flexibility index (Phi) is 4.30. The second-order valence-corrected chi connectivity index (χ2v) is 3.69. The van der Waals surface area contributed by atoms with Crippen molar-refractivity contribution in [2.24, 2.45) is 0 Å². The van der Waals surface area contributed by atoms with E-state index in [0.717, 1.165) is 12.8 Å². The average molecular weight is 212 g/mol. The van der Waals surface area contributed by atoms with Crippen LogP contribution in [0.1, 0.15) is 12.8 Å². The van der Waals surface area contributed by atoms with Crippen LogP contribution < -0.4 is 5.32 Å². The summed E-state index contributed by atoms with van der Waals surface area (Å²) < 4.78 is 0. The average Bonchev–Trinajstić information content (AvgIpc) is 2.86. The number of hydrogen-bond donors (Lipinski definition) is 2. The van der Waals surface area contributed by atoms with Crippen molar-refractivity contribution in [1.82, 2.24) is 10.2 Å². The Morgan fingerprint density at radius 2 is 2.13 bits per heavy atom. The summed E-state index contributed by atoms with van der Waals surface area (Å²) in [6, 6.07) is 0.313. The van der Waals surface area contributed by atoms with Crippen molar-refractivity contribution in [3.8, 4) is 0 Å². The minimum Gasteiger partial charge on any atom is -0.480 e. The van der Waals surface area contributed by atoms with Gasteiger partial charge in [-0.1, -0.05) is 6.08 Å². The molecule has 0 bridgehead atoms. The summed E-state index contributed by atoms with van der Waals surface area (Å²) in [5.74, 6) is -1.04. The smallest absolute Gasteiger partial charge is 0.317 e. The third-order valence-corrected chi connectivity index (χ3v) is 2.06. The largest absolute Gasteiger partial charge is 0.480 e. The van der Waals surface area contributed by atoms with Gasteiger partial charge in [0, 0.05) is 12.6 Å². The molecule has 0 spiro atoms. The van der Waals surface area contributed by atoms with Crippen LogP contribution in [-0.4, -0.2) is 47.6 Å². The SMILES string of the molecule is C=CCN(CC(=O)O)CC(=O)NC1CC1. The normalized spacial score (nSPS) is 15.0. The van der Waals surface area contributed by atoms with Gasteiger partial charge in [0.25, 0.3) is 0 Å². The Morgan fingerprint density at radius 3 is 2.60 bits per heavy atom. The molecule has 5 nitrogen and oxygen atoms in total. The van der Waals surface area contributed by atoms with Crippen LogP contribution in [0.3, 0.4) is 0 Å². The van der Waals surface area contributed by atoms with Gasteiger partial charge in [0.2, 0.25) is 5.91 Å². The van der Waals surface area contributed by atoms with Crippen molar-refractivity contribution >= 4 is 11.9 Å². The second-order valence-electron chi connectivity index (χ2n) is 3.69. The summed E-state index contributed by atoms with van der Waals surface area (Å²) in [4.78, 5) is 23.4. The van der Waals surface area contributed by atoms with E-state index < -0.39 is 5.97 Å². The fraction of sp³-hybridized carbons (Fsp3) is 0.600. The number of carboxylic acid groups (broad SMARTS) is 1. The Labute approximate surface area is 88.8 Å². The van der Waals surface area contributed by atoms with Gasteiger partial charge in [-0.05, 0) is 12.8 Å². The van der Waals surface area contributed by atoms with Crippen molar-refractivity contribution in [2.75, 3.05) is 19.6 Å². The number of carboxylic acids is 1. The van der Waals surface area contributed by atoms with Gasteiger partial charge < -0.3 is 10.4 Å². The lowest BCUT2D eigenvalue weighted by Crippen LogP contribution is -2.40. The van der Waals surface area contributed by atoms with Gasteiger partial charge in [-0.3, -0.25) is 14.5 Å². The van der Waals surface area contributed by atoms with Crippen LogP contribution >= 0.6 is 0 Å². The Morgan fingerprint density at radius 1 is 1.47 bits per heavy atom. The molecule has 1 fully saturated rings. The zero-order valence-corrected chi connectivity index (χ0v) is 8.61. The summed E-state index contributed by atoms with van der Waals surface area (Å²) in [5.41, 5.74) is 0. The molecule has 0 aromatic heterocycles. The first kappa shape index (κ1) is 11.7. The highest BCUT2D eigenvalue weighted by Gasteiger charge is 2.24. The lowest BCUT2D eigenvalue weighted by molar-refractivity contribution is -0.138. The highest BCUT2D eigenvalue weighted by molar-refractivity contribution is 5.79. The van der Waals surface area contributed by atoms with E-state index in [-0.39, 0.29) is 19.0 Å². The predicted octanol–water partition coefficient (Wildman–Crippen LogP) is -0.162. The maximum atomic E-state index is 11.4. The lowest BCUT2D eigenvalue weighted by Gasteiger charge is -2.17. The molecule has 2 N–H and O–H groups in total. The molecule has 1 saturated carbocycles. The minimum absolute atomic E-state index is 0.111. The van der Waals surface area contributed by atoms with Crippen molar-refractivity contribution < 1.29 is 14.7 Å². The van der Waals surface area contributed by atoms with Gasteiger partial charge in [-0.2, -0.15) is 0 Å². The zero-order valence-electron chi connectivity index (χ0n) is 8.61. The van der Waals surface area contributed by atoms with Crippen LogP contribution in [0.5, 0.6) is 0 Å². The Hall–Kier alpha value is -1.36. The molecule has 0 saturated heterocycles. The summed E-state index contributed by atoms with van der Waals surface area (Å²) in [6.07, 6.45) is 3.66. The Balaban J connectivity index is 2.30. The molecule has 0 unspecified atom stereocenters. The molecule has 5 heteroatoms. The van der Waals surface area contributed by atoms with Gasteiger partial charge >= 0.3 is 5.97 Å². The summed E-state index contributed by atoms with van der Waals surface area (Å²) in [6.45, 7) is 3.91. The van der Waals surface area contributed by atoms with Gasteiger partial charge in [0.05, 0.1) is 13.1 Å². The van der Waals surface area contributed by atoms with Gasteiger partial charge in [0.15, 0.2) is 0 Å². The van der Waals surface area contributed by atoms with E-state index in [2.05, 4.69) is 11.9 Å². The van der Waals surface area contributed by atoms with E-state index in [9.17, 15) is 9.59 Å². The fourth-order valence-electron chi connectivity index (χ4n) is 1.26. The number of aliphatic carboxylic acids is 1. The molecule has 0 aromatic rings.